The number of alkyl carbamates (subject to hydrolysis) is 1. The molecular weight excluding hydrogens is 472 g/mol. The lowest BCUT2D eigenvalue weighted by molar-refractivity contribution is -0.142. The molecule has 0 aliphatic carbocycles. The molecule has 1 rings (SSSR count). The van der Waals surface area contributed by atoms with Crippen molar-refractivity contribution in [2.45, 2.75) is 91.3 Å². The second kappa shape index (κ2) is 15.0. The number of nitrogens with zero attached hydrogens (tertiary/aromatic N) is 1. The first-order valence-corrected chi connectivity index (χ1v) is 12.8. The molecule has 2 unspecified atom stereocenters. The minimum atomic E-state index is -1.14. The van der Waals surface area contributed by atoms with E-state index in [9.17, 15) is 19.2 Å². The summed E-state index contributed by atoms with van der Waals surface area (Å²) in [6.07, 6.45) is 3.34. The van der Waals surface area contributed by atoms with Gasteiger partial charge in [-0.2, -0.15) is 0 Å². The highest BCUT2D eigenvalue weighted by Crippen LogP contribution is 2.27. The molecule has 2 atom stereocenters. The van der Waals surface area contributed by atoms with E-state index in [4.69, 9.17) is 10.5 Å². The molecule has 9 heteroatoms. The zero-order chi connectivity index (χ0) is 28.2. The van der Waals surface area contributed by atoms with Crippen molar-refractivity contribution < 1.29 is 23.9 Å². The molecular formula is C28H44N4O5. The van der Waals surface area contributed by atoms with Crippen molar-refractivity contribution in [3.8, 4) is 0 Å². The second-order valence-corrected chi connectivity index (χ2v) is 10.2. The van der Waals surface area contributed by atoms with Gasteiger partial charge < -0.3 is 26.0 Å². The summed E-state index contributed by atoms with van der Waals surface area (Å²) in [7, 11) is 0. The number of amides is 4. The third-order valence-electron chi connectivity index (χ3n) is 5.64. The molecule has 0 bridgehead atoms. The van der Waals surface area contributed by atoms with Crippen molar-refractivity contribution in [1.29, 1.82) is 0 Å². The minimum Gasteiger partial charge on any atom is -0.444 e. The van der Waals surface area contributed by atoms with Crippen LogP contribution in [-0.2, 0) is 19.1 Å². The third-order valence-corrected chi connectivity index (χ3v) is 5.64. The Balaban J connectivity index is 3.45. The van der Waals surface area contributed by atoms with Crippen LogP contribution in [0.3, 0.4) is 0 Å². The number of carbonyl (C=O) groups excluding carboxylic acids is 4. The number of ether oxygens (including phenoxy) is 1. The van der Waals surface area contributed by atoms with E-state index in [-0.39, 0.29) is 25.3 Å². The highest BCUT2D eigenvalue weighted by atomic mass is 16.6. The van der Waals surface area contributed by atoms with E-state index in [1.807, 2.05) is 32.0 Å². The van der Waals surface area contributed by atoms with E-state index >= 15 is 0 Å². The predicted molar refractivity (Wildman–Crippen MR) is 145 cm³/mol. The van der Waals surface area contributed by atoms with Crippen LogP contribution in [0.5, 0.6) is 0 Å². The van der Waals surface area contributed by atoms with Gasteiger partial charge in [0.1, 0.15) is 17.7 Å². The van der Waals surface area contributed by atoms with Gasteiger partial charge in [-0.3, -0.25) is 14.4 Å². The molecule has 1 aromatic rings. The van der Waals surface area contributed by atoms with E-state index in [1.165, 1.54) is 11.0 Å². The van der Waals surface area contributed by atoms with Gasteiger partial charge in [0.05, 0.1) is 0 Å². The van der Waals surface area contributed by atoms with Crippen LogP contribution in [0.2, 0.25) is 0 Å². The van der Waals surface area contributed by atoms with Crippen LogP contribution >= 0.6 is 0 Å². The summed E-state index contributed by atoms with van der Waals surface area (Å²) in [6, 6.07) is 3.57. The first kappa shape index (κ1) is 31.7. The maximum absolute atomic E-state index is 13.9. The van der Waals surface area contributed by atoms with Crippen molar-refractivity contribution >= 4 is 23.8 Å². The first-order chi connectivity index (χ1) is 17.3. The lowest BCUT2D eigenvalue weighted by Gasteiger charge is -2.34. The van der Waals surface area contributed by atoms with Crippen LogP contribution < -0.4 is 16.4 Å². The van der Waals surface area contributed by atoms with Crippen LogP contribution in [0.4, 0.5) is 4.79 Å². The fraction of sp³-hybridized carbons (Fsp3) is 0.571. The second-order valence-electron chi connectivity index (χ2n) is 10.2. The number of benzene rings is 1. The van der Waals surface area contributed by atoms with Crippen molar-refractivity contribution in [1.82, 2.24) is 15.5 Å². The van der Waals surface area contributed by atoms with Gasteiger partial charge in [-0.1, -0.05) is 49.6 Å². The molecule has 0 heterocycles. The van der Waals surface area contributed by atoms with Crippen molar-refractivity contribution in [2.24, 2.45) is 5.73 Å². The summed E-state index contributed by atoms with van der Waals surface area (Å²) in [6.45, 7) is 15.3. The monoisotopic (exact) mass is 516 g/mol. The molecule has 4 amide bonds. The lowest BCUT2D eigenvalue weighted by Crippen LogP contribution is -2.53. The molecule has 0 aromatic heterocycles. The molecule has 4 N–H and O–H groups in total. The standard InChI is InChI=1S/C28H44N4O5/c1-8-10-11-16-30-25(34)24(21-13-12-19(3)18-20(21)4)32(17-9-2)26(35)22(14-15-23(29)33)31-27(36)37-28(5,6)7/h9,12-13,18,22,24H,2,8,10-11,14-17H2,1,3-7H3,(H2,29,33)(H,30,34)(H,31,36). The van der Waals surface area contributed by atoms with Gasteiger partial charge in [0.25, 0.3) is 0 Å². The number of nitrogens with two attached hydrogens (primary N) is 1. The van der Waals surface area contributed by atoms with E-state index in [1.54, 1.807) is 20.8 Å². The summed E-state index contributed by atoms with van der Waals surface area (Å²) in [5, 5.41) is 5.53. The van der Waals surface area contributed by atoms with Crippen molar-refractivity contribution in [3.63, 3.8) is 0 Å². The van der Waals surface area contributed by atoms with E-state index < -0.39 is 35.6 Å². The number of primary amides is 1. The number of carbonyl (C=O) groups is 4. The molecule has 0 spiro atoms. The molecule has 206 valence electrons. The topological polar surface area (TPSA) is 131 Å². The quantitative estimate of drug-likeness (QED) is 0.256. The van der Waals surface area contributed by atoms with E-state index in [0.29, 0.717) is 12.1 Å². The highest BCUT2D eigenvalue weighted by molar-refractivity contribution is 5.92. The van der Waals surface area contributed by atoms with Gasteiger partial charge in [0.2, 0.25) is 17.7 Å². The van der Waals surface area contributed by atoms with Gasteiger partial charge in [0.15, 0.2) is 0 Å². The minimum absolute atomic E-state index is 0.0429. The average Bonchev–Trinajstić information content (AvgIpc) is 2.78. The summed E-state index contributed by atoms with van der Waals surface area (Å²) < 4.78 is 5.33. The Morgan fingerprint density at radius 2 is 1.84 bits per heavy atom. The predicted octanol–water partition coefficient (Wildman–Crippen LogP) is 3.82. The SMILES string of the molecule is C=CCN(C(=O)C(CCC(N)=O)NC(=O)OC(C)(C)C)C(C(=O)NCCCCC)c1ccc(C)cc1C. The Bertz CT molecular complexity index is 954. The normalized spacial score (nSPS) is 12.7. The maximum atomic E-state index is 13.9. The van der Waals surface area contributed by atoms with E-state index in [2.05, 4.69) is 24.1 Å². The Hall–Kier alpha value is -3.36. The fourth-order valence-electron chi connectivity index (χ4n) is 3.92. The fourth-order valence-corrected chi connectivity index (χ4v) is 3.92. The Kier molecular flexibility index (Phi) is 12.9. The highest BCUT2D eigenvalue weighted by Gasteiger charge is 2.36. The third kappa shape index (κ3) is 11.1. The maximum Gasteiger partial charge on any atom is 0.408 e. The van der Waals surface area contributed by atoms with Crippen LogP contribution in [0.15, 0.2) is 30.9 Å². The van der Waals surface area contributed by atoms with Crippen LogP contribution in [0.25, 0.3) is 0 Å². The number of aryl methyl sites for hydroxylation is 2. The Morgan fingerprint density at radius 3 is 2.38 bits per heavy atom. The molecule has 0 radical (unpaired) electrons. The summed E-state index contributed by atoms with van der Waals surface area (Å²) in [5.74, 6) is -1.48. The van der Waals surface area contributed by atoms with Crippen molar-refractivity contribution in [2.75, 3.05) is 13.1 Å². The van der Waals surface area contributed by atoms with Crippen LogP contribution in [0, 0.1) is 13.8 Å². The summed E-state index contributed by atoms with van der Waals surface area (Å²) in [4.78, 5) is 52.9. The van der Waals surface area contributed by atoms with Gasteiger partial charge in [-0.05, 0) is 58.6 Å². The summed E-state index contributed by atoms with van der Waals surface area (Å²) >= 11 is 0. The molecule has 0 saturated carbocycles. The molecule has 1 aromatic carbocycles. The molecule has 37 heavy (non-hydrogen) atoms. The van der Waals surface area contributed by atoms with E-state index in [0.717, 1.165) is 30.4 Å². The zero-order valence-corrected chi connectivity index (χ0v) is 23.2. The summed E-state index contributed by atoms with van der Waals surface area (Å²) in [5.41, 5.74) is 7.08. The molecule has 0 aliphatic heterocycles. The average molecular weight is 517 g/mol. The number of hydrogen-bond acceptors (Lipinski definition) is 5. The number of unbranched alkanes of at least 4 members (excludes halogenated alkanes) is 2. The number of rotatable bonds is 14. The first-order valence-electron chi connectivity index (χ1n) is 12.8. The van der Waals surface area contributed by atoms with Crippen LogP contribution in [-0.4, -0.2) is 53.4 Å². The van der Waals surface area contributed by atoms with Gasteiger partial charge in [0, 0.05) is 19.5 Å². The van der Waals surface area contributed by atoms with Crippen LogP contribution in [0.1, 0.15) is 82.5 Å². The molecule has 0 saturated heterocycles. The number of nitrogens with one attached hydrogen (secondary N) is 2. The molecule has 0 fully saturated rings. The Labute approximate surface area is 221 Å². The lowest BCUT2D eigenvalue weighted by atomic mass is 9.96. The van der Waals surface area contributed by atoms with Gasteiger partial charge in [-0.15, -0.1) is 6.58 Å². The number of hydrogen-bond donors (Lipinski definition) is 3. The van der Waals surface area contributed by atoms with Gasteiger partial charge in [-0.25, -0.2) is 4.79 Å². The van der Waals surface area contributed by atoms with Crippen molar-refractivity contribution in [3.05, 3.63) is 47.5 Å². The largest absolute Gasteiger partial charge is 0.444 e. The Morgan fingerprint density at radius 1 is 1.16 bits per heavy atom. The molecule has 0 aliphatic rings. The van der Waals surface area contributed by atoms with Gasteiger partial charge >= 0.3 is 6.09 Å². The zero-order valence-electron chi connectivity index (χ0n) is 23.2. The molecule has 9 nitrogen and oxygen atoms in total. The smallest absolute Gasteiger partial charge is 0.408 e.